The van der Waals surface area contributed by atoms with Crippen molar-refractivity contribution in [3.05, 3.63) is 29.8 Å². The van der Waals surface area contributed by atoms with Gasteiger partial charge in [0.05, 0.1) is 5.56 Å². The Morgan fingerprint density at radius 2 is 1.85 bits per heavy atom. The van der Waals surface area contributed by atoms with E-state index in [1.54, 1.807) is 0 Å². The van der Waals surface area contributed by atoms with Gasteiger partial charge in [0, 0.05) is 18.3 Å². The van der Waals surface area contributed by atoms with Gasteiger partial charge in [-0.15, -0.1) is 0 Å². The molecule has 3 heteroatoms. The molecule has 0 saturated heterocycles. The lowest BCUT2D eigenvalue weighted by molar-refractivity contribution is 0.0933. The molecule has 0 aliphatic heterocycles. The predicted molar refractivity (Wildman–Crippen MR) is 86.3 cm³/mol. The number of amides is 1. The average Bonchev–Trinajstić information content (AvgIpc) is 2.46. The quantitative estimate of drug-likeness (QED) is 0.709. The first-order valence-electron chi connectivity index (χ1n) is 7.86. The maximum Gasteiger partial charge on any atom is 0.253 e. The number of para-hydroxylation sites is 1. The van der Waals surface area contributed by atoms with Gasteiger partial charge in [0.15, 0.2) is 0 Å². The van der Waals surface area contributed by atoms with Crippen LogP contribution in [-0.4, -0.2) is 18.5 Å². The largest absolute Gasteiger partial charge is 0.385 e. The Kier molecular flexibility index (Phi) is 7.78. The molecule has 0 aliphatic carbocycles. The van der Waals surface area contributed by atoms with Crippen LogP contribution in [0.25, 0.3) is 0 Å². The molecule has 20 heavy (non-hydrogen) atoms. The van der Waals surface area contributed by atoms with E-state index in [-0.39, 0.29) is 5.91 Å². The number of unbranched alkanes of at least 4 members (excludes halogenated alkanes) is 1. The van der Waals surface area contributed by atoms with E-state index in [9.17, 15) is 4.79 Å². The normalized spacial score (nSPS) is 11.9. The van der Waals surface area contributed by atoms with Crippen LogP contribution in [0.3, 0.4) is 0 Å². The lowest BCUT2D eigenvalue weighted by Crippen LogP contribution is -2.35. The summed E-state index contributed by atoms with van der Waals surface area (Å²) in [5.41, 5.74) is 1.66. The summed E-state index contributed by atoms with van der Waals surface area (Å²) in [6, 6.07) is 8.00. The monoisotopic (exact) mass is 276 g/mol. The highest BCUT2D eigenvalue weighted by Crippen LogP contribution is 2.16. The van der Waals surface area contributed by atoms with Crippen LogP contribution < -0.4 is 10.6 Å². The van der Waals surface area contributed by atoms with Gasteiger partial charge in [0.2, 0.25) is 0 Å². The number of hydrogen-bond acceptors (Lipinski definition) is 2. The fraction of sp³-hybridized carbons (Fsp3) is 0.588. The summed E-state index contributed by atoms with van der Waals surface area (Å²) in [6.07, 6.45) is 5.56. The van der Waals surface area contributed by atoms with Gasteiger partial charge in [-0.05, 0) is 31.9 Å². The van der Waals surface area contributed by atoms with Gasteiger partial charge in [0.1, 0.15) is 0 Å². The Hall–Kier alpha value is -1.51. The summed E-state index contributed by atoms with van der Waals surface area (Å²) in [4.78, 5) is 12.4. The molecule has 0 aromatic heterocycles. The zero-order valence-electron chi connectivity index (χ0n) is 13.0. The van der Waals surface area contributed by atoms with Gasteiger partial charge in [-0.2, -0.15) is 0 Å². The van der Waals surface area contributed by atoms with E-state index in [1.165, 1.54) is 12.8 Å². The number of carbonyl (C=O) groups is 1. The second-order valence-corrected chi connectivity index (χ2v) is 5.18. The molecular weight excluding hydrogens is 248 g/mol. The molecule has 1 atom stereocenters. The lowest BCUT2D eigenvalue weighted by Gasteiger charge is -2.19. The molecule has 0 bridgehead atoms. The first-order valence-corrected chi connectivity index (χ1v) is 7.86. The molecule has 0 aliphatic rings. The summed E-state index contributed by atoms with van der Waals surface area (Å²) in [6.45, 7) is 7.21. The van der Waals surface area contributed by atoms with Crippen LogP contribution in [0, 0.1) is 0 Å². The second-order valence-electron chi connectivity index (χ2n) is 5.18. The fourth-order valence-electron chi connectivity index (χ4n) is 2.38. The van der Waals surface area contributed by atoms with Crippen molar-refractivity contribution in [3.63, 3.8) is 0 Å². The Morgan fingerprint density at radius 3 is 2.50 bits per heavy atom. The SMILES string of the molecule is CCCCC(CCC)NC(=O)c1ccccc1NCC. The lowest BCUT2D eigenvalue weighted by atomic mass is 10.0. The molecular formula is C17H28N2O. The molecule has 1 aromatic rings. The summed E-state index contributed by atoms with van der Waals surface area (Å²) < 4.78 is 0. The van der Waals surface area contributed by atoms with Crippen LogP contribution in [0.4, 0.5) is 5.69 Å². The third-order valence-electron chi connectivity index (χ3n) is 3.42. The number of rotatable bonds is 9. The Labute approximate surface area is 123 Å². The first-order chi connectivity index (χ1) is 9.72. The topological polar surface area (TPSA) is 41.1 Å². The fourth-order valence-corrected chi connectivity index (χ4v) is 2.38. The van der Waals surface area contributed by atoms with Gasteiger partial charge >= 0.3 is 0 Å². The molecule has 0 saturated carbocycles. The highest BCUT2D eigenvalue weighted by atomic mass is 16.1. The van der Waals surface area contributed by atoms with E-state index in [2.05, 4.69) is 24.5 Å². The van der Waals surface area contributed by atoms with Crippen molar-refractivity contribution in [2.75, 3.05) is 11.9 Å². The van der Waals surface area contributed by atoms with Gasteiger partial charge in [0.25, 0.3) is 5.91 Å². The van der Waals surface area contributed by atoms with Crippen molar-refractivity contribution in [2.24, 2.45) is 0 Å². The van der Waals surface area contributed by atoms with E-state index in [4.69, 9.17) is 0 Å². The van der Waals surface area contributed by atoms with E-state index in [0.29, 0.717) is 6.04 Å². The van der Waals surface area contributed by atoms with Crippen LogP contribution in [0.15, 0.2) is 24.3 Å². The summed E-state index contributed by atoms with van der Waals surface area (Å²) >= 11 is 0. The standard InChI is InChI=1S/C17H28N2O/c1-4-7-11-14(10-5-2)19-17(20)15-12-8-9-13-16(15)18-6-3/h8-9,12-14,18H,4-7,10-11H2,1-3H3,(H,19,20). The predicted octanol–water partition coefficient (Wildman–Crippen LogP) is 4.21. The van der Waals surface area contributed by atoms with E-state index in [1.807, 2.05) is 31.2 Å². The minimum absolute atomic E-state index is 0.0381. The number of benzene rings is 1. The van der Waals surface area contributed by atoms with Crippen LogP contribution in [0.2, 0.25) is 0 Å². The van der Waals surface area contributed by atoms with Gasteiger partial charge in [-0.3, -0.25) is 4.79 Å². The van der Waals surface area contributed by atoms with E-state index >= 15 is 0 Å². The molecule has 1 amide bonds. The van der Waals surface area contributed by atoms with Crippen LogP contribution in [-0.2, 0) is 0 Å². The van der Waals surface area contributed by atoms with Crippen molar-refractivity contribution in [2.45, 2.75) is 58.9 Å². The van der Waals surface area contributed by atoms with Crippen LogP contribution in [0.5, 0.6) is 0 Å². The molecule has 0 spiro atoms. The van der Waals surface area contributed by atoms with Crippen molar-refractivity contribution < 1.29 is 4.79 Å². The Bertz CT molecular complexity index is 404. The minimum atomic E-state index is 0.0381. The summed E-state index contributed by atoms with van der Waals surface area (Å²) in [5, 5.41) is 6.43. The molecule has 2 N–H and O–H groups in total. The minimum Gasteiger partial charge on any atom is -0.385 e. The number of nitrogens with one attached hydrogen (secondary N) is 2. The van der Waals surface area contributed by atoms with Crippen LogP contribution >= 0.6 is 0 Å². The van der Waals surface area contributed by atoms with Crippen molar-refractivity contribution in [1.82, 2.24) is 5.32 Å². The van der Waals surface area contributed by atoms with E-state index < -0.39 is 0 Å². The number of hydrogen-bond donors (Lipinski definition) is 2. The molecule has 0 heterocycles. The smallest absolute Gasteiger partial charge is 0.253 e. The van der Waals surface area contributed by atoms with Gasteiger partial charge < -0.3 is 10.6 Å². The maximum absolute atomic E-state index is 12.4. The molecule has 0 fully saturated rings. The van der Waals surface area contributed by atoms with Gasteiger partial charge in [-0.25, -0.2) is 0 Å². The zero-order valence-corrected chi connectivity index (χ0v) is 13.0. The third-order valence-corrected chi connectivity index (χ3v) is 3.42. The zero-order chi connectivity index (χ0) is 14.8. The highest BCUT2D eigenvalue weighted by molar-refractivity contribution is 5.99. The first kappa shape index (κ1) is 16.5. The van der Waals surface area contributed by atoms with Crippen molar-refractivity contribution in [1.29, 1.82) is 0 Å². The Balaban J connectivity index is 2.72. The number of carbonyl (C=O) groups excluding carboxylic acids is 1. The molecule has 1 rings (SSSR count). The Morgan fingerprint density at radius 1 is 1.10 bits per heavy atom. The van der Waals surface area contributed by atoms with E-state index in [0.717, 1.165) is 37.1 Å². The highest BCUT2D eigenvalue weighted by Gasteiger charge is 2.15. The van der Waals surface area contributed by atoms with Crippen LogP contribution in [0.1, 0.15) is 63.2 Å². The third kappa shape index (κ3) is 5.24. The maximum atomic E-state index is 12.4. The molecule has 3 nitrogen and oxygen atoms in total. The van der Waals surface area contributed by atoms with Crippen molar-refractivity contribution >= 4 is 11.6 Å². The molecule has 1 unspecified atom stereocenters. The summed E-state index contributed by atoms with van der Waals surface area (Å²) in [7, 11) is 0. The van der Waals surface area contributed by atoms with Gasteiger partial charge in [-0.1, -0.05) is 45.2 Å². The molecule has 0 radical (unpaired) electrons. The molecule has 1 aromatic carbocycles. The average molecular weight is 276 g/mol. The van der Waals surface area contributed by atoms with Crippen molar-refractivity contribution in [3.8, 4) is 0 Å². The molecule has 112 valence electrons. The number of anilines is 1. The summed E-state index contributed by atoms with van der Waals surface area (Å²) in [5.74, 6) is 0.0381. The second kappa shape index (κ2) is 9.40.